The number of hydrogen-bond donors (Lipinski definition) is 2. The SMILES string of the molecule is CCC(C)Nc1cc(C(F)(F)F)ncc1N. The van der Waals surface area contributed by atoms with Gasteiger partial charge in [-0.3, -0.25) is 0 Å². The molecule has 0 aliphatic carbocycles. The quantitative estimate of drug-likeness (QED) is 0.844. The Morgan fingerprint density at radius 2 is 2.12 bits per heavy atom. The zero-order chi connectivity index (χ0) is 12.3. The highest BCUT2D eigenvalue weighted by molar-refractivity contribution is 5.65. The van der Waals surface area contributed by atoms with Gasteiger partial charge in [-0.25, -0.2) is 4.98 Å². The fraction of sp³-hybridized carbons (Fsp3) is 0.500. The van der Waals surface area contributed by atoms with Crippen molar-refractivity contribution in [3.8, 4) is 0 Å². The van der Waals surface area contributed by atoms with Gasteiger partial charge in [0, 0.05) is 6.04 Å². The van der Waals surface area contributed by atoms with Gasteiger partial charge >= 0.3 is 6.18 Å². The summed E-state index contributed by atoms with van der Waals surface area (Å²) in [5.41, 5.74) is 5.10. The van der Waals surface area contributed by atoms with E-state index in [1.165, 1.54) is 0 Å². The molecule has 0 radical (unpaired) electrons. The fourth-order valence-corrected chi connectivity index (χ4v) is 1.11. The summed E-state index contributed by atoms with van der Waals surface area (Å²) in [6.07, 6.45) is -2.63. The minimum absolute atomic E-state index is 0.0609. The highest BCUT2D eigenvalue weighted by atomic mass is 19.4. The first-order chi connectivity index (χ1) is 7.34. The van der Waals surface area contributed by atoms with Crippen molar-refractivity contribution in [2.24, 2.45) is 0 Å². The molecule has 3 N–H and O–H groups in total. The molecule has 0 aliphatic heterocycles. The van der Waals surface area contributed by atoms with Crippen LogP contribution in [0.15, 0.2) is 12.3 Å². The number of anilines is 2. The Hall–Kier alpha value is -1.46. The number of rotatable bonds is 3. The summed E-state index contributed by atoms with van der Waals surface area (Å²) in [6.45, 7) is 3.80. The maximum absolute atomic E-state index is 12.4. The molecule has 1 atom stereocenters. The average molecular weight is 233 g/mol. The van der Waals surface area contributed by atoms with Gasteiger partial charge in [-0.1, -0.05) is 6.92 Å². The summed E-state index contributed by atoms with van der Waals surface area (Å²) in [5, 5.41) is 2.91. The van der Waals surface area contributed by atoms with Gasteiger partial charge in [0.25, 0.3) is 0 Å². The van der Waals surface area contributed by atoms with Crippen LogP contribution in [-0.2, 0) is 6.18 Å². The van der Waals surface area contributed by atoms with Gasteiger partial charge in [0.1, 0.15) is 5.69 Å². The summed E-state index contributed by atoms with van der Waals surface area (Å²) in [6, 6.07) is 0.993. The van der Waals surface area contributed by atoms with Gasteiger partial charge in [0.15, 0.2) is 0 Å². The van der Waals surface area contributed by atoms with Crippen LogP contribution in [-0.4, -0.2) is 11.0 Å². The number of halogens is 3. The lowest BCUT2D eigenvalue weighted by Crippen LogP contribution is -2.16. The van der Waals surface area contributed by atoms with Gasteiger partial charge in [-0.05, 0) is 19.4 Å². The summed E-state index contributed by atoms with van der Waals surface area (Å²) in [7, 11) is 0. The molecular weight excluding hydrogens is 219 g/mol. The van der Waals surface area contributed by atoms with Crippen molar-refractivity contribution < 1.29 is 13.2 Å². The van der Waals surface area contributed by atoms with E-state index >= 15 is 0 Å². The fourth-order valence-electron chi connectivity index (χ4n) is 1.11. The van der Waals surface area contributed by atoms with Gasteiger partial charge in [-0.15, -0.1) is 0 Å². The first kappa shape index (κ1) is 12.6. The van der Waals surface area contributed by atoms with Crippen LogP contribution in [0.5, 0.6) is 0 Å². The Balaban J connectivity index is 3.00. The molecule has 6 heteroatoms. The topological polar surface area (TPSA) is 50.9 Å². The number of nitrogens with one attached hydrogen (secondary N) is 1. The molecule has 1 heterocycles. The van der Waals surface area contributed by atoms with E-state index in [-0.39, 0.29) is 17.4 Å². The molecular formula is C10H14F3N3. The number of nitrogens with two attached hydrogens (primary N) is 1. The van der Waals surface area contributed by atoms with Crippen LogP contribution in [0, 0.1) is 0 Å². The van der Waals surface area contributed by atoms with Crippen molar-refractivity contribution in [1.29, 1.82) is 0 Å². The monoisotopic (exact) mass is 233 g/mol. The third-order valence-corrected chi connectivity index (χ3v) is 2.24. The van der Waals surface area contributed by atoms with E-state index in [1.807, 2.05) is 13.8 Å². The molecule has 0 fully saturated rings. The third kappa shape index (κ3) is 3.01. The van der Waals surface area contributed by atoms with Crippen molar-refractivity contribution in [3.63, 3.8) is 0 Å². The lowest BCUT2D eigenvalue weighted by molar-refractivity contribution is -0.141. The molecule has 0 aromatic carbocycles. The standard InChI is InChI=1S/C10H14F3N3/c1-3-6(2)16-8-4-9(10(11,12)13)15-5-7(8)14/h4-6H,3,14H2,1-2H3,(H,15,16). The number of nitrogens with zero attached hydrogens (tertiary/aromatic N) is 1. The van der Waals surface area contributed by atoms with E-state index in [0.717, 1.165) is 18.7 Å². The average Bonchev–Trinajstić information content (AvgIpc) is 2.19. The zero-order valence-electron chi connectivity index (χ0n) is 9.10. The summed E-state index contributed by atoms with van der Waals surface area (Å²) >= 11 is 0. The van der Waals surface area contributed by atoms with Gasteiger partial charge in [-0.2, -0.15) is 13.2 Å². The van der Waals surface area contributed by atoms with E-state index in [2.05, 4.69) is 10.3 Å². The Bertz CT molecular complexity index is 363. The normalized spacial score (nSPS) is 13.6. The maximum Gasteiger partial charge on any atom is 0.433 e. The van der Waals surface area contributed by atoms with Gasteiger partial charge < -0.3 is 11.1 Å². The van der Waals surface area contributed by atoms with E-state index < -0.39 is 11.9 Å². The van der Waals surface area contributed by atoms with Crippen LogP contribution in [0.4, 0.5) is 24.5 Å². The molecule has 0 amide bonds. The molecule has 3 nitrogen and oxygen atoms in total. The number of pyridine rings is 1. The van der Waals surface area contributed by atoms with Crippen LogP contribution >= 0.6 is 0 Å². The number of aromatic nitrogens is 1. The number of alkyl halides is 3. The molecule has 0 saturated carbocycles. The molecule has 0 saturated heterocycles. The Morgan fingerprint density at radius 1 is 1.50 bits per heavy atom. The third-order valence-electron chi connectivity index (χ3n) is 2.24. The first-order valence-electron chi connectivity index (χ1n) is 4.93. The zero-order valence-corrected chi connectivity index (χ0v) is 9.10. The van der Waals surface area contributed by atoms with Crippen LogP contribution in [0.1, 0.15) is 26.0 Å². The second-order valence-corrected chi connectivity index (χ2v) is 3.61. The van der Waals surface area contributed by atoms with Crippen molar-refractivity contribution in [1.82, 2.24) is 4.98 Å². The minimum Gasteiger partial charge on any atom is -0.396 e. The second kappa shape index (κ2) is 4.59. The molecule has 16 heavy (non-hydrogen) atoms. The van der Waals surface area contributed by atoms with Crippen LogP contribution in [0.3, 0.4) is 0 Å². The summed E-state index contributed by atoms with van der Waals surface area (Å²) in [4.78, 5) is 3.25. The molecule has 0 bridgehead atoms. The van der Waals surface area contributed by atoms with Crippen LogP contribution < -0.4 is 11.1 Å². The van der Waals surface area contributed by atoms with Gasteiger partial charge in [0.2, 0.25) is 0 Å². The molecule has 0 aliphatic rings. The second-order valence-electron chi connectivity index (χ2n) is 3.61. The molecule has 1 rings (SSSR count). The lowest BCUT2D eigenvalue weighted by atomic mass is 10.2. The van der Waals surface area contributed by atoms with E-state index in [0.29, 0.717) is 0 Å². The predicted octanol–water partition coefficient (Wildman–Crippen LogP) is 2.89. The maximum atomic E-state index is 12.4. The number of hydrogen-bond acceptors (Lipinski definition) is 3. The largest absolute Gasteiger partial charge is 0.433 e. The Labute approximate surface area is 91.9 Å². The molecule has 0 spiro atoms. The van der Waals surface area contributed by atoms with Crippen molar-refractivity contribution in [2.45, 2.75) is 32.5 Å². The number of nitrogen functional groups attached to an aromatic ring is 1. The summed E-state index contributed by atoms with van der Waals surface area (Å²) in [5.74, 6) is 0. The molecule has 90 valence electrons. The smallest absolute Gasteiger partial charge is 0.396 e. The highest BCUT2D eigenvalue weighted by Gasteiger charge is 2.32. The van der Waals surface area contributed by atoms with E-state index in [9.17, 15) is 13.2 Å². The van der Waals surface area contributed by atoms with E-state index in [1.54, 1.807) is 0 Å². The predicted molar refractivity (Wildman–Crippen MR) is 57.0 cm³/mol. The van der Waals surface area contributed by atoms with Crippen LogP contribution in [0.25, 0.3) is 0 Å². The lowest BCUT2D eigenvalue weighted by Gasteiger charge is -2.16. The molecule has 1 aromatic rings. The van der Waals surface area contributed by atoms with Gasteiger partial charge in [0.05, 0.1) is 17.6 Å². The Kier molecular flexibility index (Phi) is 3.62. The first-order valence-corrected chi connectivity index (χ1v) is 4.93. The summed E-state index contributed by atoms with van der Waals surface area (Å²) < 4.78 is 37.2. The minimum atomic E-state index is -4.44. The van der Waals surface area contributed by atoms with E-state index in [4.69, 9.17) is 5.73 Å². The van der Waals surface area contributed by atoms with Crippen LogP contribution in [0.2, 0.25) is 0 Å². The molecule has 1 aromatic heterocycles. The molecule has 1 unspecified atom stereocenters. The Morgan fingerprint density at radius 3 is 2.62 bits per heavy atom. The van der Waals surface area contributed by atoms with Crippen molar-refractivity contribution in [3.05, 3.63) is 18.0 Å². The van der Waals surface area contributed by atoms with Crippen molar-refractivity contribution >= 4 is 11.4 Å². The highest BCUT2D eigenvalue weighted by Crippen LogP contribution is 2.31. The van der Waals surface area contributed by atoms with Crippen molar-refractivity contribution in [2.75, 3.05) is 11.1 Å².